The normalized spacial score (nSPS) is 18.6. The third-order valence-electron chi connectivity index (χ3n) is 5.41. The summed E-state index contributed by atoms with van der Waals surface area (Å²) < 4.78 is 42.6. The van der Waals surface area contributed by atoms with Gasteiger partial charge in [-0.3, -0.25) is 0 Å². The van der Waals surface area contributed by atoms with E-state index in [9.17, 15) is 17.6 Å². The van der Waals surface area contributed by atoms with Gasteiger partial charge in [0, 0.05) is 30.4 Å². The number of halogens is 1. The Kier molecular flexibility index (Phi) is 5.77. The predicted octanol–water partition coefficient (Wildman–Crippen LogP) is 3.58. The summed E-state index contributed by atoms with van der Waals surface area (Å²) in [6.45, 7) is 2.86. The molecule has 0 aliphatic carbocycles. The van der Waals surface area contributed by atoms with Crippen LogP contribution >= 0.6 is 0 Å². The molecule has 0 aromatic heterocycles. The number of hydrogen-bond donors (Lipinski definition) is 2. The molecule has 2 aromatic rings. The molecule has 31 heavy (non-hydrogen) atoms. The smallest absolute Gasteiger partial charge is 0.319 e. The zero-order chi connectivity index (χ0) is 22.0. The average Bonchev–Trinajstić information content (AvgIpc) is 2.99. The van der Waals surface area contributed by atoms with E-state index in [2.05, 4.69) is 15.0 Å². The molecule has 9 heteroatoms. The second-order valence-corrected chi connectivity index (χ2v) is 9.12. The van der Waals surface area contributed by atoms with Crippen molar-refractivity contribution in [2.45, 2.75) is 25.8 Å². The molecule has 2 aromatic carbocycles. The number of nitrogens with one attached hydrogen (secondary N) is 2. The lowest BCUT2D eigenvalue weighted by atomic mass is 10.0. The van der Waals surface area contributed by atoms with Crippen molar-refractivity contribution in [2.24, 2.45) is 4.40 Å². The first-order valence-electron chi connectivity index (χ1n) is 10.0. The number of para-hydroxylation sites is 1. The van der Waals surface area contributed by atoms with E-state index in [1.54, 1.807) is 6.92 Å². The number of rotatable bonds is 3. The monoisotopic (exact) mass is 442 g/mol. The maximum atomic E-state index is 13.2. The van der Waals surface area contributed by atoms with Gasteiger partial charge in [-0.05, 0) is 49.6 Å². The fourth-order valence-electron chi connectivity index (χ4n) is 3.89. The van der Waals surface area contributed by atoms with Gasteiger partial charge in [-0.1, -0.05) is 30.3 Å². The SMILES string of the molecule is CC1=C(c2ccc(F)cc2)S(=O)(=O)N=C1N1CCC(NC(=O)Nc2ccccc2)CC1. The number of sulfonamides is 1. The average molecular weight is 443 g/mol. The molecular formula is C22H23FN4O3S. The van der Waals surface area contributed by atoms with Crippen LogP contribution < -0.4 is 10.6 Å². The topological polar surface area (TPSA) is 90.9 Å². The van der Waals surface area contributed by atoms with Crippen molar-refractivity contribution in [3.8, 4) is 0 Å². The Hall–Kier alpha value is -3.20. The van der Waals surface area contributed by atoms with Crippen molar-refractivity contribution in [3.05, 3.63) is 71.6 Å². The van der Waals surface area contributed by atoms with E-state index in [-0.39, 0.29) is 17.0 Å². The van der Waals surface area contributed by atoms with Gasteiger partial charge in [0.05, 0.1) is 0 Å². The molecule has 0 radical (unpaired) electrons. The van der Waals surface area contributed by atoms with Gasteiger partial charge < -0.3 is 15.5 Å². The fourth-order valence-corrected chi connectivity index (χ4v) is 5.38. The highest BCUT2D eigenvalue weighted by molar-refractivity contribution is 8.00. The Labute approximate surface area is 180 Å². The molecule has 162 valence electrons. The first-order chi connectivity index (χ1) is 14.8. The number of urea groups is 1. The van der Waals surface area contributed by atoms with Crippen molar-refractivity contribution < 1.29 is 17.6 Å². The number of likely N-dealkylation sites (tertiary alicyclic amines) is 1. The van der Waals surface area contributed by atoms with E-state index in [1.165, 1.54) is 24.3 Å². The molecule has 0 unspecified atom stereocenters. The molecule has 0 atom stereocenters. The second-order valence-electron chi connectivity index (χ2n) is 7.58. The van der Waals surface area contributed by atoms with E-state index in [0.29, 0.717) is 42.9 Å². The highest BCUT2D eigenvalue weighted by atomic mass is 32.2. The molecule has 2 N–H and O–H groups in total. The van der Waals surface area contributed by atoms with Gasteiger partial charge in [-0.2, -0.15) is 8.42 Å². The maximum Gasteiger partial charge on any atom is 0.319 e. The molecule has 2 heterocycles. The standard InChI is InChI=1S/C22H23FN4O3S/c1-15-20(16-7-9-17(23)10-8-16)31(29,30)26-21(15)27-13-11-19(12-14-27)25-22(28)24-18-5-3-2-4-6-18/h2-10,19H,11-14H2,1H3,(H2,24,25,28). The number of amidine groups is 1. The lowest BCUT2D eigenvalue weighted by molar-refractivity contribution is 0.237. The first kappa shape index (κ1) is 21.0. The number of anilines is 1. The van der Waals surface area contributed by atoms with Crippen LogP contribution in [0, 0.1) is 5.82 Å². The summed E-state index contributed by atoms with van der Waals surface area (Å²) in [7, 11) is -3.84. The second kappa shape index (κ2) is 8.50. The van der Waals surface area contributed by atoms with E-state index in [0.717, 1.165) is 5.69 Å². The Morgan fingerprint density at radius 3 is 2.35 bits per heavy atom. The van der Waals surface area contributed by atoms with E-state index in [4.69, 9.17) is 0 Å². The van der Waals surface area contributed by atoms with Gasteiger partial charge in [-0.15, -0.1) is 4.40 Å². The van der Waals surface area contributed by atoms with Crippen molar-refractivity contribution in [1.82, 2.24) is 10.2 Å². The largest absolute Gasteiger partial charge is 0.356 e. The number of amides is 2. The van der Waals surface area contributed by atoms with E-state index >= 15 is 0 Å². The summed E-state index contributed by atoms with van der Waals surface area (Å²) in [5.41, 5.74) is 1.70. The maximum absolute atomic E-state index is 13.2. The number of piperidine rings is 1. The van der Waals surface area contributed by atoms with Crippen molar-refractivity contribution in [3.63, 3.8) is 0 Å². The Balaban J connectivity index is 1.40. The van der Waals surface area contributed by atoms with Gasteiger partial charge >= 0.3 is 6.03 Å². The van der Waals surface area contributed by atoms with Crippen LogP contribution in [0.2, 0.25) is 0 Å². The van der Waals surface area contributed by atoms with Gasteiger partial charge in [0.2, 0.25) is 0 Å². The van der Waals surface area contributed by atoms with Crippen LogP contribution in [0.4, 0.5) is 14.9 Å². The Bertz CT molecular complexity index is 1140. The molecule has 0 spiro atoms. The predicted molar refractivity (Wildman–Crippen MR) is 119 cm³/mol. The van der Waals surface area contributed by atoms with Crippen LogP contribution in [0.5, 0.6) is 0 Å². The molecular weight excluding hydrogens is 419 g/mol. The van der Waals surface area contributed by atoms with Crippen LogP contribution in [-0.4, -0.2) is 44.3 Å². The zero-order valence-corrected chi connectivity index (χ0v) is 17.8. The van der Waals surface area contributed by atoms with Crippen molar-refractivity contribution >= 4 is 32.5 Å². The molecule has 2 amide bonds. The molecule has 0 bridgehead atoms. The minimum Gasteiger partial charge on any atom is -0.356 e. The van der Waals surface area contributed by atoms with Crippen molar-refractivity contribution in [1.29, 1.82) is 0 Å². The number of hydrogen-bond acceptors (Lipinski definition) is 4. The first-order valence-corrected chi connectivity index (χ1v) is 11.5. The summed E-state index contributed by atoms with van der Waals surface area (Å²) >= 11 is 0. The highest BCUT2D eigenvalue weighted by Crippen LogP contribution is 2.34. The number of carbonyl (C=O) groups is 1. The fraction of sp³-hybridized carbons (Fsp3) is 0.273. The molecule has 2 aliphatic heterocycles. The van der Waals surface area contributed by atoms with Gasteiger partial charge in [0.25, 0.3) is 10.0 Å². The Morgan fingerprint density at radius 2 is 1.71 bits per heavy atom. The van der Waals surface area contributed by atoms with Gasteiger partial charge in [-0.25, -0.2) is 9.18 Å². The molecule has 4 rings (SSSR count). The quantitative estimate of drug-likeness (QED) is 0.760. The van der Waals surface area contributed by atoms with Crippen LogP contribution in [0.15, 0.2) is 64.6 Å². The van der Waals surface area contributed by atoms with Crippen LogP contribution in [-0.2, 0) is 10.0 Å². The van der Waals surface area contributed by atoms with Gasteiger partial charge in [0.15, 0.2) is 0 Å². The molecule has 2 aliphatic rings. The summed E-state index contributed by atoms with van der Waals surface area (Å²) in [4.78, 5) is 14.2. The molecule has 1 saturated heterocycles. The Morgan fingerprint density at radius 1 is 1.06 bits per heavy atom. The summed E-state index contributed by atoms with van der Waals surface area (Å²) in [5, 5.41) is 5.76. The molecule has 1 fully saturated rings. The third kappa shape index (κ3) is 4.61. The summed E-state index contributed by atoms with van der Waals surface area (Å²) in [5.74, 6) is -0.00377. The minimum atomic E-state index is -3.84. The molecule has 0 saturated carbocycles. The summed E-state index contributed by atoms with van der Waals surface area (Å²) in [6, 6.07) is 14.3. The number of benzene rings is 2. The van der Waals surface area contributed by atoms with E-state index in [1.807, 2.05) is 35.2 Å². The van der Waals surface area contributed by atoms with E-state index < -0.39 is 15.8 Å². The number of carbonyl (C=O) groups excluding carboxylic acids is 1. The lowest BCUT2D eigenvalue weighted by Gasteiger charge is -2.33. The highest BCUT2D eigenvalue weighted by Gasteiger charge is 2.35. The van der Waals surface area contributed by atoms with Crippen molar-refractivity contribution in [2.75, 3.05) is 18.4 Å². The summed E-state index contributed by atoms with van der Waals surface area (Å²) in [6.07, 6.45) is 1.33. The zero-order valence-electron chi connectivity index (χ0n) is 17.0. The van der Waals surface area contributed by atoms with Crippen LogP contribution in [0.1, 0.15) is 25.3 Å². The van der Waals surface area contributed by atoms with Crippen LogP contribution in [0.3, 0.4) is 0 Å². The lowest BCUT2D eigenvalue weighted by Crippen LogP contribution is -2.47. The third-order valence-corrected chi connectivity index (χ3v) is 6.88. The van der Waals surface area contributed by atoms with Crippen LogP contribution in [0.25, 0.3) is 4.91 Å². The minimum absolute atomic E-state index is 0.0144. The molecule has 7 nitrogen and oxygen atoms in total. The number of nitrogens with zero attached hydrogens (tertiary/aromatic N) is 2. The van der Waals surface area contributed by atoms with Gasteiger partial charge in [0.1, 0.15) is 16.6 Å².